The summed E-state index contributed by atoms with van der Waals surface area (Å²) in [6.07, 6.45) is 0. The molecule has 0 aromatic heterocycles. The molecule has 0 aromatic rings. The third kappa shape index (κ3) is 5.87. The molecule has 3 N–H and O–H groups in total. The van der Waals surface area contributed by atoms with Gasteiger partial charge in [0.2, 0.25) is 0 Å². The van der Waals surface area contributed by atoms with Crippen molar-refractivity contribution in [3.63, 3.8) is 0 Å². The summed E-state index contributed by atoms with van der Waals surface area (Å²) in [6, 6.07) is 0. The van der Waals surface area contributed by atoms with Crippen LogP contribution in [-0.2, 0) is 10.1 Å². The van der Waals surface area contributed by atoms with Crippen LogP contribution in [0.3, 0.4) is 0 Å². The van der Waals surface area contributed by atoms with Crippen molar-refractivity contribution in [3.05, 3.63) is 0 Å². The van der Waals surface area contributed by atoms with Crippen LogP contribution >= 0.6 is 0 Å². The van der Waals surface area contributed by atoms with Crippen molar-refractivity contribution in [2.45, 2.75) is 0 Å². The van der Waals surface area contributed by atoms with Crippen LogP contribution in [0.1, 0.15) is 0 Å². The Bertz CT molecular complexity index is 165. The van der Waals surface area contributed by atoms with Gasteiger partial charge in [-0.1, -0.05) is 0 Å². The van der Waals surface area contributed by atoms with Crippen LogP contribution in [0, 0.1) is 0 Å². The van der Waals surface area contributed by atoms with Gasteiger partial charge in [-0.25, -0.2) is 0 Å². The highest BCUT2D eigenvalue weighted by atomic mass is 32.2. The molecule has 0 fully saturated rings. The van der Waals surface area contributed by atoms with Gasteiger partial charge in [-0.2, -0.15) is 8.42 Å². The van der Waals surface area contributed by atoms with Gasteiger partial charge in [-0.05, 0) is 0 Å². The molecule has 0 saturated heterocycles. The SMILES string of the molecule is [2H]N([2H])CCS(=O)(=O)O. The van der Waals surface area contributed by atoms with E-state index in [9.17, 15) is 8.42 Å². The first kappa shape index (κ1) is 3.82. The maximum Gasteiger partial charge on any atom is 0.266 e. The maximum atomic E-state index is 9.90. The first-order chi connectivity index (χ1) is 3.92. The van der Waals surface area contributed by atoms with Crippen molar-refractivity contribution in [2.24, 2.45) is 5.72 Å². The molecule has 0 rings (SSSR count). The summed E-state index contributed by atoms with van der Waals surface area (Å²) in [4.78, 5) is 0. The van der Waals surface area contributed by atoms with Crippen molar-refractivity contribution in [3.8, 4) is 0 Å². The van der Waals surface area contributed by atoms with Crippen molar-refractivity contribution < 1.29 is 15.8 Å². The molecule has 0 radical (unpaired) electrons. The molecule has 44 valence electrons. The first-order valence-electron chi connectivity index (χ1n) is 2.52. The van der Waals surface area contributed by atoms with Crippen LogP contribution in [0.4, 0.5) is 0 Å². The molecule has 7 heavy (non-hydrogen) atoms. The van der Waals surface area contributed by atoms with Gasteiger partial charge >= 0.3 is 0 Å². The Hall–Kier alpha value is -0.130. The Morgan fingerprint density at radius 2 is 2.43 bits per heavy atom. The van der Waals surface area contributed by atoms with E-state index in [-0.39, 0.29) is 12.3 Å². The Labute approximate surface area is 45.0 Å². The van der Waals surface area contributed by atoms with Crippen LogP contribution in [-0.4, -0.2) is 25.3 Å². The number of rotatable bonds is 3. The molecule has 5 heteroatoms. The third-order valence-corrected chi connectivity index (χ3v) is 1.05. The highest BCUT2D eigenvalue weighted by molar-refractivity contribution is 7.85. The highest BCUT2D eigenvalue weighted by Crippen LogP contribution is 1.74. The number of hydrogen-bond donors (Lipinski definition) is 2. The van der Waals surface area contributed by atoms with E-state index < -0.39 is 15.9 Å². The fourth-order valence-corrected chi connectivity index (χ4v) is 0.346. The largest absolute Gasteiger partial charge is 0.329 e. The summed E-state index contributed by atoms with van der Waals surface area (Å²) in [7, 11) is -4.00. The molecular formula is C2H7NO3S. The van der Waals surface area contributed by atoms with Gasteiger partial charge in [0.05, 0.1) is 5.75 Å². The van der Waals surface area contributed by atoms with Gasteiger partial charge < -0.3 is 5.72 Å². The van der Waals surface area contributed by atoms with E-state index in [1.165, 1.54) is 0 Å². The second-order valence-corrected chi connectivity index (χ2v) is 2.58. The Morgan fingerprint density at radius 1 is 1.86 bits per heavy atom. The van der Waals surface area contributed by atoms with Crippen molar-refractivity contribution in [1.82, 2.24) is 0 Å². The average molecular weight is 127 g/mol. The molecule has 0 saturated carbocycles. The molecule has 0 spiro atoms. The lowest BCUT2D eigenvalue weighted by Gasteiger charge is -1.86. The van der Waals surface area contributed by atoms with Gasteiger partial charge in [-0.15, -0.1) is 0 Å². The van der Waals surface area contributed by atoms with Gasteiger partial charge in [0.25, 0.3) is 10.1 Å². The minimum absolute atomic E-state index is 0.188. The molecule has 0 bridgehead atoms. The summed E-state index contributed by atoms with van der Waals surface area (Å²) >= 11 is 0. The van der Waals surface area contributed by atoms with Crippen LogP contribution < -0.4 is 5.72 Å². The summed E-state index contributed by atoms with van der Waals surface area (Å²) in [6.45, 7) is -0.307. The topological polar surface area (TPSA) is 80.4 Å². The zero-order valence-electron chi connectivity index (χ0n) is 5.53. The molecule has 0 aromatic carbocycles. The van der Waals surface area contributed by atoms with E-state index in [1.54, 1.807) is 0 Å². The lowest BCUT2D eigenvalue weighted by Crippen LogP contribution is -2.13. The van der Waals surface area contributed by atoms with E-state index in [4.69, 9.17) is 7.38 Å². The van der Waals surface area contributed by atoms with Crippen LogP contribution in [0.25, 0.3) is 0 Å². The van der Waals surface area contributed by atoms with E-state index in [2.05, 4.69) is 0 Å². The summed E-state index contributed by atoms with van der Waals surface area (Å²) in [5, 5.41) is 0. The van der Waals surface area contributed by atoms with Crippen LogP contribution in [0.15, 0.2) is 0 Å². The molecule has 0 aliphatic heterocycles. The van der Waals surface area contributed by atoms with E-state index in [0.29, 0.717) is 0 Å². The second kappa shape index (κ2) is 2.25. The normalized spacial score (nSPS) is 16.3. The zero-order chi connectivity index (χ0) is 7.49. The third-order valence-electron chi connectivity index (χ3n) is 0.349. The van der Waals surface area contributed by atoms with E-state index in [0.717, 1.165) is 0 Å². The molecule has 0 amide bonds. The van der Waals surface area contributed by atoms with Gasteiger partial charge in [0.15, 0.2) is 0 Å². The Balaban J connectivity index is 3.53. The molecule has 0 aliphatic carbocycles. The van der Waals surface area contributed by atoms with Crippen molar-refractivity contribution >= 4 is 10.1 Å². The second-order valence-electron chi connectivity index (χ2n) is 1.01. The fourth-order valence-electron chi connectivity index (χ4n) is 0.115. The predicted octanol–water partition coefficient (Wildman–Crippen LogP) is -1.17. The Morgan fingerprint density at radius 3 is 2.57 bits per heavy atom. The van der Waals surface area contributed by atoms with Gasteiger partial charge in [0.1, 0.15) is 2.82 Å². The minimum atomic E-state index is -4.00. The standard InChI is InChI=1S/C2H7NO3S/c3-1-2-7(4,5)6/h1-3H2,(H,4,5,6)/i/hD2. The minimum Gasteiger partial charge on any atom is -0.329 e. The van der Waals surface area contributed by atoms with E-state index >= 15 is 0 Å². The molecule has 0 aliphatic rings. The average Bonchev–Trinajstić information content (AvgIpc) is 1.59. The Kier molecular flexibility index (Phi) is 1.23. The predicted molar refractivity (Wildman–Crippen MR) is 25.5 cm³/mol. The number of hydrogen-bond acceptors (Lipinski definition) is 3. The summed E-state index contributed by atoms with van der Waals surface area (Å²) < 4.78 is 40.6. The quantitative estimate of drug-likeness (QED) is 0.468. The zero-order valence-corrected chi connectivity index (χ0v) is 4.35. The molecule has 0 atom stereocenters. The fraction of sp³-hybridized carbons (Fsp3) is 1.00. The molecule has 4 nitrogen and oxygen atoms in total. The van der Waals surface area contributed by atoms with Gasteiger partial charge in [0, 0.05) is 6.54 Å². The summed E-state index contributed by atoms with van der Waals surface area (Å²) in [5.74, 6) is -0.569. The van der Waals surface area contributed by atoms with Crippen molar-refractivity contribution in [1.29, 1.82) is 0 Å². The molecule has 0 heterocycles. The first-order valence-corrected chi connectivity index (χ1v) is 3.23. The summed E-state index contributed by atoms with van der Waals surface area (Å²) in [5.41, 5.74) is 0.188. The number of nitrogens with two attached hydrogens (primary N) is 1. The maximum absolute atomic E-state index is 9.90. The van der Waals surface area contributed by atoms with Gasteiger partial charge in [-0.3, -0.25) is 4.55 Å². The highest BCUT2D eigenvalue weighted by Gasteiger charge is 1.98. The molecular weight excluding hydrogens is 118 g/mol. The monoisotopic (exact) mass is 127 g/mol. The van der Waals surface area contributed by atoms with Crippen LogP contribution in [0.5, 0.6) is 0 Å². The lowest BCUT2D eigenvalue weighted by molar-refractivity contribution is 0.483. The van der Waals surface area contributed by atoms with Crippen molar-refractivity contribution in [2.75, 3.05) is 12.3 Å². The molecule has 0 unspecified atom stereocenters. The smallest absolute Gasteiger partial charge is 0.266 e. The van der Waals surface area contributed by atoms with Crippen LogP contribution in [0.2, 0.25) is 2.82 Å². The lowest BCUT2D eigenvalue weighted by atomic mass is 10.8. The van der Waals surface area contributed by atoms with E-state index in [1.807, 2.05) is 0 Å².